The first kappa shape index (κ1) is 23.4. The molecule has 0 bridgehead atoms. The second-order valence-electron chi connectivity index (χ2n) is 7.29. The van der Waals surface area contributed by atoms with Gasteiger partial charge in [0.1, 0.15) is 5.75 Å². The van der Waals surface area contributed by atoms with Crippen LogP contribution in [-0.2, 0) is 14.3 Å². The van der Waals surface area contributed by atoms with Crippen LogP contribution < -0.4 is 4.74 Å². The number of hydrogen-bond acceptors (Lipinski definition) is 4. The van der Waals surface area contributed by atoms with Crippen LogP contribution in [0.1, 0.15) is 58.3 Å². The summed E-state index contributed by atoms with van der Waals surface area (Å²) in [5.74, 6) is -0.697. The molecule has 0 aliphatic carbocycles. The van der Waals surface area contributed by atoms with Gasteiger partial charge in [-0.25, -0.2) is 9.59 Å². The normalized spacial score (nSPS) is 10.8. The fourth-order valence-electron chi connectivity index (χ4n) is 3.09. The molecule has 2 aromatic rings. The molecule has 4 heteroatoms. The smallest absolute Gasteiger partial charge is 0.336 e. The molecular formula is C26H32O4. The summed E-state index contributed by atoms with van der Waals surface area (Å²) in [6.07, 6.45) is 11.7. The number of ether oxygens (including phenoxy) is 2. The summed E-state index contributed by atoms with van der Waals surface area (Å²) < 4.78 is 10.3. The number of carbonyl (C=O) groups is 2. The van der Waals surface area contributed by atoms with E-state index in [-0.39, 0.29) is 0 Å². The van der Waals surface area contributed by atoms with Gasteiger partial charge in [-0.1, -0.05) is 94.3 Å². The maximum Gasteiger partial charge on any atom is 0.336 e. The van der Waals surface area contributed by atoms with Crippen molar-refractivity contribution < 1.29 is 19.1 Å². The van der Waals surface area contributed by atoms with Crippen LogP contribution in [-0.4, -0.2) is 18.5 Å². The molecule has 0 aliphatic rings. The number of rotatable bonds is 13. The molecule has 0 aromatic heterocycles. The maximum absolute atomic E-state index is 11.9. The summed E-state index contributed by atoms with van der Waals surface area (Å²) in [7, 11) is 0. The second kappa shape index (κ2) is 14.2. The van der Waals surface area contributed by atoms with Gasteiger partial charge < -0.3 is 9.47 Å². The summed E-state index contributed by atoms with van der Waals surface area (Å²) in [5.41, 5.74) is 2.13. The number of unbranched alkanes of at least 4 members (excludes halogenated alkanes) is 7. The molecule has 0 radical (unpaired) electrons. The Kier molecular flexibility index (Phi) is 11.0. The van der Waals surface area contributed by atoms with Crippen molar-refractivity contribution in [2.45, 2.75) is 58.3 Å². The maximum atomic E-state index is 11.9. The second-order valence-corrected chi connectivity index (χ2v) is 7.29. The van der Waals surface area contributed by atoms with Gasteiger partial charge in [0.25, 0.3) is 0 Å². The molecule has 0 amide bonds. The highest BCUT2D eigenvalue weighted by Gasteiger charge is 2.04. The molecule has 0 atom stereocenters. The van der Waals surface area contributed by atoms with Crippen LogP contribution in [0.25, 0.3) is 11.1 Å². The number of carbonyl (C=O) groups excluding carboxylic acids is 2. The van der Waals surface area contributed by atoms with Gasteiger partial charge in [0.05, 0.1) is 6.61 Å². The van der Waals surface area contributed by atoms with Gasteiger partial charge in [-0.05, 0) is 29.7 Å². The lowest BCUT2D eigenvalue weighted by Gasteiger charge is -2.04. The molecule has 0 heterocycles. The average molecular weight is 409 g/mol. The first-order valence-corrected chi connectivity index (χ1v) is 10.9. The summed E-state index contributed by atoms with van der Waals surface area (Å²) in [6, 6.07) is 17.2. The minimum absolute atomic E-state index is 0.383. The molecule has 0 fully saturated rings. The molecule has 0 saturated heterocycles. The van der Waals surface area contributed by atoms with E-state index in [2.05, 4.69) is 6.92 Å². The SMILES string of the molecule is CCCCCCCCCCOC(=O)/C=C/C(=O)Oc1ccc(-c2ccccc2)cc1. The lowest BCUT2D eigenvalue weighted by Crippen LogP contribution is -2.07. The predicted octanol–water partition coefficient (Wildman–Crippen LogP) is 6.50. The number of benzene rings is 2. The van der Waals surface area contributed by atoms with Gasteiger partial charge >= 0.3 is 11.9 Å². The number of hydrogen-bond donors (Lipinski definition) is 0. The topological polar surface area (TPSA) is 52.6 Å². The summed E-state index contributed by atoms with van der Waals surface area (Å²) in [5, 5.41) is 0. The lowest BCUT2D eigenvalue weighted by molar-refractivity contribution is -0.138. The third-order valence-electron chi connectivity index (χ3n) is 4.78. The molecule has 0 aliphatic heterocycles. The van der Waals surface area contributed by atoms with Crippen LogP contribution in [0, 0.1) is 0 Å². The molecule has 2 rings (SSSR count). The molecule has 0 N–H and O–H groups in total. The van der Waals surface area contributed by atoms with Crippen LogP contribution in [0.15, 0.2) is 66.7 Å². The van der Waals surface area contributed by atoms with Crippen molar-refractivity contribution in [2.24, 2.45) is 0 Å². The van der Waals surface area contributed by atoms with Crippen molar-refractivity contribution in [1.29, 1.82) is 0 Å². The van der Waals surface area contributed by atoms with Crippen molar-refractivity contribution in [2.75, 3.05) is 6.61 Å². The summed E-state index contributed by atoms with van der Waals surface area (Å²) in [6.45, 7) is 2.60. The van der Waals surface area contributed by atoms with Gasteiger partial charge in [-0.15, -0.1) is 0 Å². The van der Waals surface area contributed by atoms with E-state index in [0.717, 1.165) is 36.1 Å². The van der Waals surface area contributed by atoms with Gasteiger partial charge in [-0.2, -0.15) is 0 Å². The zero-order valence-electron chi connectivity index (χ0n) is 17.8. The zero-order valence-corrected chi connectivity index (χ0v) is 17.8. The van der Waals surface area contributed by atoms with Crippen LogP contribution in [0.4, 0.5) is 0 Å². The molecule has 0 spiro atoms. The van der Waals surface area contributed by atoms with E-state index in [9.17, 15) is 9.59 Å². The third kappa shape index (κ3) is 9.55. The minimum atomic E-state index is -0.605. The van der Waals surface area contributed by atoms with Crippen molar-refractivity contribution in [3.8, 4) is 16.9 Å². The monoisotopic (exact) mass is 408 g/mol. The fraction of sp³-hybridized carbons (Fsp3) is 0.385. The Bertz CT molecular complexity index is 778. The highest BCUT2D eigenvalue weighted by Crippen LogP contribution is 2.22. The van der Waals surface area contributed by atoms with Gasteiger partial charge in [0, 0.05) is 12.2 Å². The first-order valence-electron chi connectivity index (χ1n) is 10.9. The predicted molar refractivity (Wildman–Crippen MR) is 120 cm³/mol. The van der Waals surface area contributed by atoms with Gasteiger partial charge in [-0.3, -0.25) is 0 Å². The van der Waals surface area contributed by atoms with Crippen molar-refractivity contribution in [1.82, 2.24) is 0 Å². The highest BCUT2D eigenvalue weighted by atomic mass is 16.5. The highest BCUT2D eigenvalue weighted by molar-refractivity contribution is 5.92. The molecule has 4 nitrogen and oxygen atoms in total. The van der Waals surface area contributed by atoms with E-state index >= 15 is 0 Å². The largest absolute Gasteiger partial charge is 0.463 e. The number of esters is 2. The molecule has 2 aromatic carbocycles. The van der Waals surface area contributed by atoms with Crippen molar-refractivity contribution in [3.05, 3.63) is 66.7 Å². The van der Waals surface area contributed by atoms with E-state index in [1.165, 1.54) is 38.5 Å². The zero-order chi connectivity index (χ0) is 21.4. The van der Waals surface area contributed by atoms with E-state index in [1.54, 1.807) is 12.1 Å². The average Bonchev–Trinajstić information content (AvgIpc) is 2.78. The quantitative estimate of drug-likeness (QED) is 0.164. The van der Waals surface area contributed by atoms with Gasteiger partial charge in [0.15, 0.2) is 0 Å². The molecule has 30 heavy (non-hydrogen) atoms. The summed E-state index contributed by atoms with van der Waals surface area (Å²) in [4.78, 5) is 23.6. The Hall–Kier alpha value is -2.88. The van der Waals surface area contributed by atoms with Gasteiger partial charge in [0.2, 0.25) is 0 Å². The first-order chi connectivity index (χ1) is 14.7. The van der Waals surface area contributed by atoms with Crippen molar-refractivity contribution in [3.63, 3.8) is 0 Å². The van der Waals surface area contributed by atoms with Crippen molar-refractivity contribution >= 4 is 11.9 Å². The molecule has 0 saturated carbocycles. The van der Waals surface area contributed by atoms with Crippen LogP contribution in [0.3, 0.4) is 0 Å². The Morgan fingerprint density at radius 2 is 1.27 bits per heavy atom. The summed E-state index contributed by atoms with van der Waals surface area (Å²) >= 11 is 0. The Labute approximate surface area is 179 Å². The fourth-order valence-corrected chi connectivity index (χ4v) is 3.09. The molecule has 160 valence electrons. The standard InChI is InChI=1S/C26H32O4/c1-2-3-4-5-6-7-8-12-21-29-25(27)19-20-26(28)30-24-17-15-23(16-18-24)22-13-10-9-11-14-22/h9-11,13-20H,2-8,12,21H2,1H3/b20-19+. The van der Waals surface area contributed by atoms with Crippen LogP contribution in [0.5, 0.6) is 5.75 Å². The van der Waals surface area contributed by atoms with E-state index in [1.807, 2.05) is 42.5 Å². The molecular weight excluding hydrogens is 376 g/mol. The minimum Gasteiger partial charge on any atom is -0.463 e. The van der Waals surface area contributed by atoms with Crippen LogP contribution >= 0.6 is 0 Å². The Morgan fingerprint density at radius 3 is 1.93 bits per heavy atom. The molecule has 0 unspecified atom stereocenters. The van der Waals surface area contributed by atoms with E-state index < -0.39 is 11.9 Å². The van der Waals surface area contributed by atoms with Crippen LogP contribution in [0.2, 0.25) is 0 Å². The Morgan fingerprint density at radius 1 is 0.700 bits per heavy atom. The lowest BCUT2D eigenvalue weighted by atomic mass is 10.1. The van der Waals surface area contributed by atoms with E-state index in [4.69, 9.17) is 9.47 Å². The third-order valence-corrected chi connectivity index (χ3v) is 4.78. The Balaban J connectivity index is 1.61. The van der Waals surface area contributed by atoms with E-state index in [0.29, 0.717) is 12.4 Å².